The van der Waals surface area contributed by atoms with Gasteiger partial charge in [0.2, 0.25) is 5.91 Å². The van der Waals surface area contributed by atoms with Crippen LogP contribution in [0.4, 0.5) is 5.69 Å². The fourth-order valence-corrected chi connectivity index (χ4v) is 2.91. The molecule has 0 unspecified atom stereocenters. The number of rotatable bonds is 5. The zero-order valence-electron chi connectivity index (χ0n) is 13.6. The van der Waals surface area contributed by atoms with E-state index in [1.807, 2.05) is 31.2 Å². The number of nitrogens with one attached hydrogen (secondary N) is 1. The number of ether oxygens (including phenoxy) is 1. The molecule has 0 aliphatic heterocycles. The van der Waals surface area contributed by atoms with Crippen LogP contribution in [0.15, 0.2) is 35.9 Å². The van der Waals surface area contributed by atoms with Crippen molar-refractivity contribution in [3.63, 3.8) is 0 Å². The molecule has 3 heteroatoms. The first-order valence-corrected chi connectivity index (χ1v) is 7.55. The molecule has 1 amide bonds. The molecule has 0 saturated heterocycles. The number of carbonyl (C=O) groups is 1. The normalized spacial score (nSPS) is 22.3. The van der Waals surface area contributed by atoms with E-state index in [0.29, 0.717) is 12.5 Å². The molecule has 1 N–H and O–H groups in total. The van der Waals surface area contributed by atoms with E-state index in [0.717, 1.165) is 11.4 Å². The molecule has 0 bridgehead atoms. The number of para-hydroxylation sites is 2. The fourth-order valence-electron chi connectivity index (χ4n) is 2.91. The third-order valence-corrected chi connectivity index (χ3v) is 4.15. The number of carbonyl (C=O) groups excluding carboxylic acids is 1. The van der Waals surface area contributed by atoms with Gasteiger partial charge in [-0.05, 0) is 44.2 Å². The minimum absolute atomic E-state index is 0.0297. The van der Waals surface area contributed by atoms with Crippen LogP contribution in [0, 0.1) is 17.3 Å². The summed E-state index contributed by atoms with van der Waals surface area (Å²) in [6, 6.07) is 7.58. The summed E-state index contributed by atoms with van der Waals surface area (Å²) < 4.78 is 5.55. The SMILES string of the molecule is CCOc1ccccc1NC(=O)[C@H]1[C@@H](C=C(C)C)C1(C)C. The van der Waals surface area contributed by atoms with Crippen molar-refractivity contribution >= 4 is 11.6 Å². The number of anilines is 1. The largest absolute Gasteiger partial charge is 0.492 e. The summed E-state index contributed by atoms with van der Waals surface area (Å²) in [4.78, 5) is 12.5. The Hall–Kier alpha value is -1.77. The summed E-state index contributed by atoms with van der Waals surface area (Å²) in [5.74, 6) is 1.16. The van der Waals surface area contributed by atoms with Gasteiger partial charge < -0.3 is 10.1 Å². The van der Waals surface area contributed by atoms with Gasteiger partial charge in [0.1, 0.15) is 5.75 Å². The van der Waals surface area contributed by atoms with E-state index in [-0.39, 0.29) is 17.2 Å². The van der Waals surface area contributed by atoms with Gasteiger partial charge in [0, 0.05) is 0 Å². The lowest BCUT2D eigenvalue weighted by Crippen LogP contribution is -2.17. The van der Waals surface area contributed by atoms with Gasteiger partial charge in [-0.25, -0.2) is 0 Å². The molecular weight excluding hydrogens is 262 g/mol. The molecule has 1 aliphatic carbocycles. The minimum atomic E-state index is 0.0297. The molecule has 2 rings (SSSR count). The van der Waals surface area contributed by atoms with E-state index in [2.05, 4.69) is 39.1 Å². The zero-order chi connectivity index (χ0) is 15.6. The average Bonchev–Trinajstić information content (AvgIpc) is 2.92. The first-order valence-electron chi connectivity index (χ1n) is 7.55. The predicted octanol–water partition coefficient (Wildman–Crippen LogP) is 4.26. The molecule has 1 aromatic rings. The second-order valence-corrected chi connectivity index (χ2v) is 6.49. The Bertz CT molecular complexity index is 556. The molecular formula is C18H25NO2. The topological polar surface area (TPSA) is 38.3 Å². The van der Waals surface area contributed by atoms with Crippen molar-refractivity contribution < 1.29 is 9.53 Å². The van der Waals surface area contributed by atoms with Crippen LogP contribution in [0.2, 0.25) is 0 Å². The molecule has 114 valence electrons. The summed E-state index contributed by atoms with van der Waals surface area (Å²) in [6.07, 6.45) is 2.21. The van der Waals surface area contributed by atoms with E-state index < -0.39 is 0 Å². The van der Waals surface area contributed by atoms with Crippen LogP contribution in [-0.2, 0) is 4.79 Å². The number of hydrogen-bond acceptors (Lipinski definition) is 2. The molecule has 0 aromatic heterocycles. The maximum absolute atomic E-state index is 12.5. The van der Waals surface area contributed by atoms with Gasteiger partial charge in [0.15, 0.2) is 0 Å². The predicted molar refractivity (Wildman–Crippen MR) is 86.4 cm³/mol. The number of allylic oxidation sites excluding steroid dienone is 2. The minimum Gasteiger partial charge on any atom is -0.492 e. The highest BCUT2D eigenvalue weighted by molar-refractivity contribution is 5.96. The standard InChI is InChI=1S/C18H25NO2/c1-6-21-15-10-8-7-9-14(15)19-17(20)16-13(11-12(2)3)18(16,4)5/h7-11,13,16H,6H2,1-5H3,(H,19,20)/t13-,16-/m1/s1. The van der Waals surface area contributed by atoms with Gasteiger partial charge in [0.05, 0.1) is 18.2 Å². The monoisotopic (exact) mass is 287 g/mol. The van der Waals surface area contributed by atoms with Crippen LogP contribution < -0.4 is 10.1 Å². The second kappa shape index (κ2) is 5.92. The van der Waals surface area contributed by atoms with Gasteiger partial charge in [-0.3, -0.25) is 4.79 Å². The van der Waals surface area contributed by atoms with Crippen LogP contribution in [0.3, 0.4) is 0 Å². The Kier molecular flexibility index (Phi) is 4.40. The third kappa shape index (κ3) is 3.29. The summed E-state index contributed by atoms with van der Waals surface area (Å²) in [5, 5.41) is 3.02. The Labute approximate surface area is 127 Å². The number of benzene rings is 1. The van der Waals surface area contributed by atoms with Crippen LogP contribution >= 0.6 is 0 Å². The van der Waals surface area contributed by atoms with Crippen LogP contribution in [0.5, 0.6) is 5.75 Å². The van der Waals surface area contributed by atoms with E-state index >= 15 is 0 Å². The second-order valence-electron chi connectivity index (χ2n) is 6.49. The highest BCUT2D eigenvalue weighted by atomic mass is 16.5. The van der Waals surface area contributed by atoms with Crippen molar-refractivity contribution in [1.29, 1.82) is 0 Å². The maximum Gasteiger partial charge on any atom is 0.228 e. The first kappa shape index (κ1) is 15.6. The van der Waals surface area contributed by atoms with Crippen molar-refractivity contribution in [3.8, 4) is 5.75 Å². The molecule has 1 aromatic carbocycles. The first-order chi connectivity index (χ1) is 9.87. The molecule has 0 spiro atoms. The maximum atomic E-state index is 12.5. The summed E-state index contributed by atoms with van der Waals surface area (Å²) in [7, 11) is 0. The molecule has 3 nitrogen and oxygen atoms in total. The Morgan fingerprint density at radius 1 is 1.33 bits per heavy atom. The van der Waals surface area contributed by atoms with Gasteiger partial charge in [-0.1, -0.05) is 37.6 Å². The van der Waals surface area contributed by atoms with Gasteiger partial charge in [0.25, 0.3) is 0 Å². The number of hydrogen-bond donors (Lipinski definition) is 1. The summed E-state index contributed by atoms with van der Waals surface area (Å²) in [5.41, 5.74) is 2.04. The lowest BCUT2D eigenvalue weighted by atomic mass is 10.1. The summed E-state index contributed by atoms with van der Waals surface area (Å²) in [6.45, 7) is 11.0. The molecule has 1 saturated carbocycles. The van der Waals surface area contributed by atoms with Crippen molar-refractivity contribution in [3.05, 3.63) is 35.9 Å². The molecule has 2 atom stereocenters. The van der Waals surface area contributed by atoms with E-state index in [4.69, 9.17) is 4.74 Å². The van der Waals surface area contributed by atoms with Crippen molar-refractivity contribution in [2.75, 3.05) is 11.9 Å². The lowest BCUT2D eigenvalue weighted by Gasteiger charge is -2.11. The zero-order valence-corrected chi connectivity index (χ0v) is 13.6. The average molecular weight is 287 g/mol. The Morgan fingerprint density at radius 2 is 2.00 bits per heavy atom. The Morgan fingerprint density at radius 3 is 2.62 bits per heavy atom. The highest BCUT2D eigenvalue weighted by Crippen LogP contribution is 2.59. The van der Waals surface area contributed by atoms with Crippen LogP contribution in [0.25, 0.3) is 0 Å². The lowest BCUT2D eigenvalue weighted by molar-refractivity contribution is -0.118. The molecule has 21 heavy (non-hydrogen) atoms. The van der Waals surface area contributed by atoms with Crippen molar-refractivity contribution in [1.82, 2.24) is 0 Å². The smallest absolute Gasteiger partial charge is 0.228 e. The fraction of sp³-hybridized carbons (Fsp3) is 0.500. The molecule has 0 heterocycles. The van der Waals surface area contributed by atoms with Gasteiger partial charge in [-0.15, -0.1) is 0 Å². The van der Waals surface area contributed by atoms with Crippen LogP contribution in [-0.4, -0.2) is 12.5 Å². The Balaban J connectivity index is 2.11. The third-order valence-electron chi connectivity index (χ3n) is 4.15. The van der Waals surface area contributed by atoms with Gasteiger partial charge >= 0.3 is 0 Å². The van der Waals surface area contributed by atoms with E-state index in [1.165, 1.54) is 5.57 Å². The van der Waals surface area contributed by atoms with Gasteiger partial charge in [-0.2, -0.15) is 0 Å². The van der Waals surface area contributed by atoms with E-state index in [1.54, 1.807) is 0 Å². The highest BCUT2D eigenvalue weighted by Gasteiger charge is 2.60. The molecule has 0 radical (unpaired) electrons. The summed E-state index contributed by atoms with van der Waals surface area (Å²) >= 11 is 0. The molecule has 1 aliphatic rings. The molecule has 1 fully saturated rings. The quantitative estimate of drug-likeness (QED) is 0.822. The van der Waals surface area contributed by atoms with Crippen molar-refractivity contribution in [2.24, 2.45) is 17.3 Å². The van der Waals surface area contributed by atoms with E-state index in [9.17, 15) is 4.79 Å². The number of amides is 1. The van der Waals surface area contributed by atoms with Crippen LogP contribution in [0.1, 0.15) is 34.6 Å². The van der Waals surface area contributed by atoms with Crippen molar-refractivity contribution in [2.45, 2.75) is 34.6 Å².